The third kappa shape index (κ3) is 2.84. The molecule has 3 rings (SSSR count). The highest BCUT2D eigenvalue weighted by atomic mass is 19.4. The average molecular weight is 320 g/mol. The summed E-state index contributed by atoms with van der Waals surface area (Å²) in [4.78, 5) is 0. The minimum atomic E-state index is -4.56. The van der Waals surface area contributed by atoms with Crippen LogP contribution in [0.4, 0.5) is 17.6 Å². The fourth-order valence-electron chi connectivity index (χ4n) is 2.55. The van der Waals surface area contributed by atoms with Gasteiger partial charge >= 0.3 is 6.18 Å². The van der Waals surface area contributed by atoms with E-state index >= 15 is 0 Å². The maximum atomic E-state index is 14.0. The van der Waals surface area contributed by atoms with Crippen LogP contribution in [0.15, 0.2) is 48.7 Å². The molecule has 0 fully saturated rings. The Morgan fingerprint density at radius 1 is 1.09 bits per heavy atom. The van der Waals surface area contributed by atoms with Gasteiger partial charge in [-0.05, 0) is 24.3 Å². The number of fused-ring (bicyclic) bond motifs is 1. The minimum absolute atomic E-state index is 0.120. The van der Waals surface area contributed by atoms with Crippen LogP contribution in [-0.2, 0) is 12.7 Å². The van der Waals surface area contributed by atoms with Crippen LogP contribution in [0.1, 0.15) is 16.7 Å². The molecule has 0 aliphatic carbocycles. The molecule has 2 aromatic carbocycles. The van der Waals surface area contributed by atoms with Crippen molar-refractivity contribution in [3.05, 3.63) is 71.2 Å². The summed E-state index contributed by atoms with van der Waals surface area (Å²) < 4.78 is 53.4. The highest BCUT2D eigenvalue weighted by Gasteiger charge is 2.31. The van der Waals surface area contributed by atoms with E-state index in [-0.39, 0.29) is 12.1 Å². The van der Waals surface area contributed by atoms with Crippen LogP contribution in [0, 0.1) is 11.2 Å². The Kier molecular flexibility index (Phi) is 3.67. The predicted molar refractivity (Wildman–Crippen MR) is 80.3 cm³/mol. The van der Waals surface area contributed by atoms with Crippen molar-refractivity contribution < 1.29 is 17.6 Å². The van der Waals surface area contributed by atoms with Crippen LogP contribution in [-0.4, -0.2) is 10.8 Å². The second kappa shape index (κ2) is 5.53. The smallest absolute Gasteiger partial charge is 0.343 e. The van der Waals surface area contributed by atoms with E-state index in [1.54, 1.807) is 29.0 Å². The van der Waals surface area contributed by atoms with Crippen LogP contribution in [0.25, 0.3) is 10.9 Å². The lowest BCUT2D eigenvalue weighted by atomic mass is 10.1. The Morgan fingerprint density at radius 3 is 2.52 bits per heavy atom. The van der Waals surface area contributed by atoms with Crippen LogP contribution in [0.5, 0.6) is 0 Å². The van der Waals surface area contributed by atoms with Crippen molar-refractivity contribution in [3.63, 3.8) is 0 Å². The molecule has 6 heteroatoms. The van der Waals surface area contributed by atoms with Gasteiger partial charge in [0.15, 0.2) is 0 Å². The largest absolute Gasteiger partial charge is 0.416 e. The van der Waals surface area contributed by atoms with E-state index in [1.165, 1.54) is 6.21 Å². The van der Waals surface area contributed by atoms with Crippen LogP contribution < -0.4 is 0 Å². The molecule has 0 saturated heterocycles. The summed E-state index contributed by atoms with van der Waals surface area (Å²) in [6.45, 7) is 0.120. The van der Waals surface area contributed by atoms with Gasteiger partial charge in [-0.2, -0.15) is 13.2 Å². The van der Waals surface area contributed by atoms with E-state index in [0.29, 0.717) is 6.07 Å². The summed E-state index contributed by atoms with van der Waals surface area (Å²) in [5, 5.41) is 8.21. The number of hydrogen-bond acceptors (Lipinski definition) is 1. The van der Waals surface area contributed by atoms with Gasteiger partial charge in [-0.1, -0.05) is 18.2 Å². The zero-order chi connectivity index (χ0) is 16.6. The summed E-state index contributed by atoms with van der Waals surface area (Å²) in [5.74, 6) is -0.884. The fraction of sp³-hybridized carbons (Fsp3) is 0.118. The first-order valence-corrected chi connectivity index (χ1v) is 6.84. The topological polar surface area (TPSA) is 28.8 Å². The van der Waals surface area contributed by atoms with Gasteiger partial charge in [0.25, 0.3) is 0 Å². The lowest BCUT2D eigenvalue weighted by molar-refractivity contribution is -0.137. The van der Waals surface area contributed by atoms with E-state index in [1.807, 2.05) is 6.07 Å². The summed E-state index contributed by atoms with van der Waals surface area (Å²) >= 11 is 0. The molecule has 1 N–H and O–H groups in total. The zero-order valence-corrected chi connectivity index (χ0v) is 11.9. The minimum Gasteiger partial charge on any atom is -0.343 e. The summed E-state index contributed by atoms with van der Waals surface area (Å²) in [6.07, 6.45) is -1.60. The molecule has 0 aliphatic heterocycles. The van der Waals surface area contributed by atoms with Gasteiger partial charge < -0.3 is 9.98 Å². The van der Waals surface area contributed by atoms with Crippen molar-refractivity contribution in [2.45, 2.75) is 12.7 Å². The van der Waals surface area contributed by atoms with Crippen molar-refractivity contribution in [1.29, 1.82) is 5.41 Å². The SMILES string of the molecule is N=Cc1cccc2c1ccn2Cc1ccc(C(F)(F)F)cc1F. The first kappa shape index (κ1) is 15.3. The van der Waals surface area contributed by atoms with E-state index in [9.17, 15) is 17.6 Å². The van der Waals surface area contributed by atoms with Crippen molar-refractivity contribution in [3.8, 4) is 0 Å². The monoisotopic (exact) mass is 320 g/mol. The van der Waals surface area contributed by atoms with Gasteiger partial charge in [0.05, 0.1) is 12.1 Å². The quantitative estimate of drug-likeness (QED) is 0.528. The molecule has 0 unspecified atom stereocenters. The second-order valence-electron chi connectivity index (χ2n) is 5.17. The van der Waals surface area contributed by atoms with Gasteiger partial charge in [-0.3, -0.25) is 0 Å². The van der Waals surface area contributed by atoms with Crippen LogP contribution in [0.2, 0.25) is 0 Å². The molecule has 0 radical (unpaired) electrons. The van der Waals surface area contributed by atoms with E-state index in [0.717, 1.165) is 28.6 Å². The number of alkyl halides is 3. The molecular formula is C17H12F4N2. The standard InChI is InChI=1S/C17H12F4N2/c18-15-8-13(17(19,20)21)5-4-12(15)10-23-7-6-14-11(9-22)2-1-3-16(14)23/h1-9,22H,10H2. The number of rotatable bonds is 3. The summed E-state index contributed by atoms with van der Waals surface area (Å²) in [6, 6.07) is 9.75. The molecule has 0 bridgehead atoms. The number of nitrogens with zero attached hydrogens (tertiary/aromatic N) is 1. The van der Waals surface area contributed by atoms with Gasteiger partial charge in [0.1, 0.15) is 5.82 Å². The van der Waals surface area contributed by atoms with Crippen molar-refractivity contribution in [1.82, 2.24) is 4.57 Å². The molecule has 23 heavy (non-hydrogen) atoms. The maximum absolute atomic E-state index is 14.0. The Balaban J connectivity index is 1.98. The molecule has 0 atom stereocenters. The van der Waals surface area contributed by atoms with E-state index < -0.39 is 17.6 Å². The fourth-order valence-corrected chi connectivity index (χ4v) is 2.55. The summed E-state index contributed by atoms with van der Waals surface area (Å²) in [7, 11) is 0. The highest BCUT2D eigenvalue weighted by Crippen LogP contribution is 2.30. The molecule has 0 saturated carbocycles. The first-order valence-electron chi connectivity index (χ1n) is 6.84. The first-order chi connectivity index (χ1) is 10.9. The van der Waals surface area contributed by atoms with Crippen molar-refractivity contribution in [2.75, 3.05) is 0 Å². The van der Waals surface area contributed by atoms with Gasteiger partial charge in [0, 0.05) is 34.4 Å². The van der Waals surface area contributed by atoms with Gasteiger partial charge in [-0.25, -0.2) is 4.39 Å². The van der Waals surface area contributed by atoms with Crippen molar-refractivity contribution >= 4 is 17.1 Å². The predicted octanol–water partition coefficient (Wildman–Crippen LogP) is 4.85. The molecule has 2 nitrogen and oxygen atoms in total. The Morgan fingerprint density at radius 2 is 1.87 bits per heavy atom. The van der Waals surface area contributed by atoms with Crippen molar-refractivity contribution in [2.24, 2.45) is 0 Å². The molecule has 1 aromatic heterocycles. The Labute approximate surface area is 129 Å². The molecular weight excluding hydrogens is 308 g/mol. The molecule has 0 amide bonds. The second-order valence-corrected chi connectivity index (χ2v) is 5.17. The third-order valence-electron chi connectivity index (χ3n) is 3.72. The zero-order valence-electron chi connectivity index (χ0n) is 11.9. The highest BCUT2D eigenvalue weighted by molar-refractivity contribution is 5.97. The number of aromatic nitrogens is 1. The maximum Gasteiger partial charge on any atom is 0.416 e. The van der Waals surface area contributed by atoms with Crippen LogP contribution in [0.3, 0.4) is 0 Å². The van der Waals surface area contributed by atoms with Gasteiger partial charge in [0.2, 0.25) is 0 Å². The average Bonchev–Trinajstić information content (AvgIpc) is 2.91. The Hall–Kier alpha value is -2.63. The van der Waals surface area contributed by atoms with Gasteiger partial charge in [-0.15, -0.1) is 0 Å². The van der Waals surface area contributed by atoms with E-state index in [2.05, 4.69) is 0 Å². The molecule has 3 aromatic rings. The molecule has 0 aliphatic rings. The molecule has 0 spiro atoms. The normalized spacial score (nSPS) is 11.8. The third-order valence-corrected chi connectivity index (χ3v) is 3.72. The number of benzene rings is 2. The molecule has 118 valence electrons. The Bertz CT molecular complexity index is 878. The number of nitrogens with one attached hydrogen (secondary N) is 1. The lowest BCUT2D eigenvalue weighted by Crippen LogP contribution is -2.07. The molecule has 1 heterocycles. The van der Waals surface area contributed by atoms with Crippen LogP contribution >= 0.6 is 0 Å². The number of hydrogen-bond donors (Lipinski definition) is 1. The summed E-state index contributed by atoms with van der Waals surface area (Å²) in [5.41, 5.74) is 0.706. The van der Waals surface area contributed by atoms with E-state index in [4.69, 9.17) is 5.41 Å². The number of halogens is 4. The lowest BCUT2D eigenvalue weighted by Gasteiger charge is -2.11.